The Labute approximate surface area is 102 Å². The van der Waals surface area contributed by atoms with Crippen molar-refractivity contribution < 1.29 is 14.3 Å². The lowest BCUT2D eigenvalue weighted by molar-refractivity contribution is -0.133. The SMILES string of the molecule is Cc1ccc(F)c2c(SCC(=O)O)ccnc12. The molecule has 2 aromatic rings. The fourth-order valence-corrected chi connectivity index (χ4v) is 2.37. The quantitative estimate of drug-likeness (QED) is 0.852. The molecule has 0 fully saturated rings. The van der Waals surface area contributed by atoms with E-state index in [-0.39, 0.29) is 11.6 Å². The monoisotopic (exact) mass is 251 g/mol. The average Bonchev–Trinajstić information content (AvgIpc) is 2.31. The Balaban J connectivity index is 2.56. The molecule has 0 aliphatic rings. The molecule has 0 saturated carbocycles. The Morgan fingerprint density at radius 1 is 1.47 bits per heavy atom. The number of carbonyl (C=O) groups is 1. The Bertz CT molecular complexity index is 586. The van der Waals surface area contributed by atoms with Crippen molar-refractivity contribution in [1.29, 1.82) is 0 Å². The van der Waals surface area contributed by atoms with Crippen molar-refractivity contribution in [2.24, 2.45) is 0 Å². The molecule has 0 saturated heterocycles. The summed E-state index contributed by atoms with van der Waals surface area (Å²) < 4.78 is 13.8. The summed E-state index contributed by atoms with van der Waals surface area (Å²) in [5.74, 6) is -1.38. The van der Waals surface area contributed by atoms with Crippen LogP contribution in [-0.4, -0.2) is 21.8 Å². The minimum absolute atomic E-state index is 0.0908. The third-order valence-corrected chi connectivity index (χ3v) is 3.40. The second-order valence-corrected chi connectivity index (χ2v) is 4.60. The molecule has 0 atom stereocenters. The Hall–Kier alpha value is -1.62. The van der Waals surface area contributed by atoms with E-state index in [2.05, 4.69) is 4.98 Å². The fourth-order valence-electron chi connectivity index (χ4n) is 1.59. The van der Waals surface area contributed by atoms with Gasteiger partial charge in [0.05, 0.1) is 11.3 Å². The predicted molar refractivity (Wildman–Crippen MR) is 64.8 cm³/mol. The summed E-state index contributed by atoms with van der Waals surface area (Å²) in [5, 5.41) is 9.04. The van der Waals surface area contributed by atoms with E-state index in [0.29, 0.717) is 15.8 Å². The zero-order valence-electron chi connectivity index (χ0n) is 9.11. The van der Waals surface area contributed by atoms with Gasteiger partial charge in [-0.2, -0.15) is 0 Å². The van der Waals surface area contributed by atoms with Gasteiger partial charge in [-0.3, -0.25) is 9.78 Å². The van der Waals surface area contributed by atoms with Crippen LogP contribution in [0.15, 0.2) is 29.3 Å². The van der Waals surface area contributed by atoms with Gasteiger partial charge < -0.3 is 5.11 Å². The van der Waals surface area contributed by atoms with E-state index >= 15 is 0 Å². The predicted octanol–water partition coefficient (Wildman–Crippen LogP) is 2.86. The number of aliphatic carboxylic acids is 1. The maximum Gasteiger partial charge on any atom is 0.313 e. The number of hydrogen-bond donors (Lipinski definition) is 1. The molecule has 1 aromatic heterocycles. The Morgan fingerprint density at radius 2 is 2.24 bits per heavy atom. The third kappa shape index (κ3) is 2.39. The molecule has 5 heteroatoms. The van der Waals surface area contributed by atoms with Crippen molar-refractivity contribution in [3.05, 3.63) is 35.8 Å². The largest absolute Gasteiger partial charge is 0.481 e. The van der Waals surface area contributed by atoms with Crippen molar-refractivity contribution in [3.63, 3.8) is 0 Å². The van der Waals surface area contributed by atoms with Crippen LogP contribution in [0.2, 0.25) is 0 Å². The normalized spacial score (nSPS) is 10.7. The summed E-state index contributed by atoms with van der Waals surface area (Å²) in [6.45, 7) is 1.85. The first-order chi connectivity index (χ1) is 8.09. The second-order valence-electron chi connectivity index (χ2n) is 3.58. The minimum atomic E-state index is -0.923. The van der Waals surface area contributed by atoms with Crippen molar-refractivity contribution in [1.82, 2.24) is 4.98 Å². The second kappa shape index (κ2) is 4.71. The molecule has 0 aliphatic carbocycles. The van der Waals surface area contributed by atoms with Gasteiger partial charge in [-0.15, -0.1) is 11.8 Å². The molecule has 0 unspecified atom stereocenters. The number of thioether (sulfide) groups is 1. The highest BCUT2D eigenvalue weighted by Gasteiger charge is 2.11. The van der Waals surface area contributed by atoms with E-state index in [1.165, 1.54) is 6.07 Å². The molecular formula is C12H10FNO2S. The molecule has 0 aliphatic heterocycles. The molecule has 0 bridgehead atoms. The van der Waals surface area contributed by atoms with Crippen LogP contribution in [0.4, 0.5) is 4.39 Å². The molecule has 2 rings (SSSR count). The van der Waals surface area contributed by atoms with E-state index in [4.69, 9.17) is 5.11 Å². The van der Waals surface area contributed by atoms with Gasteiger partial charge in [0.25, 0.3) is 0 Å². The van der Waals surface area contributed by atoms with E-state index < -0.39 is 5.97 Å². The zero-order chi connectivity index (χ0) is 12.4. The maximum absolute atomic E-state index is 13.8. The van der Waals surface area contributed by atoms with Gasteiger partial charge in [-0.1, -0.05) is 6.07 Å². The third-order valence-electron chi connectivity index (χ3n) is 2.36. The number of aromatic nitrogens is 1. The lowest BCUT2D eigenvalue weighted by atomic mass is 10.1. The van der Waals surface area contributed by atoms with Crippen LogP contribution in [0.1, 0.15) is 5.56 Å². The topological polar surface area (TPSA) is 50.2 Å². The van der Waals surface area contributed by atoms with Gasteiger partial charge >= 0.3 is 5.97 Å². The summed E-state index contributed by atoms with van der Waals surface area (Å²) in [7, 11) is 0. The van der Waals surface area contributed by atoms with E-state index in [9.17, 15) is 9.18 Å². The molecule has 0 spiro atoms. The smallest absolute Gasteiger partial charge is 0.313 e. The van der Waals surface area contributed by atoms with Crippen LogP contribution >= 0.6 is 11.8 Å². The molecule has 88 valence electrons. The lowest BCUT2D eigenvalue weighted by Gasteiger charge is -2.07. The van der Waals surface area contributed by atoms with Gasteiger partial charge in [0.2, 0.25) is 0 Å². The molecule has 1 aromatic carbocycles. The maximum atomic E-state index is 13.8. The molecule has 0 radical (unpaired) electrons. The van der Waals surface area contributed by atoms with Gasteiger partial charge in [0.15, 0.2) is 0 Å². The van der Waals surface area contributed by atoms with Crippen LogP contribution in [-0.2, 0) is 4.79 Å². The number of pyridine rings is 1. The van der Waals surface area contributed by atoms with E-state index in [1.54, 1.807) is 18.3 Å². The molecular weight excluding hydrogens is 241 g/mol. The number of benzene rings is 1. The number of hydrogen-bond acceptors (Lipinski definition) is 3. The van der Waals surface area contributed by atoms with E-state index in [0.717, 1.165) is 17.3 Å². The van der Waals surface area contributed by atoms with Crippen molar-refractivity contribution in [3.8, 4) is 0 Å². The van der Waals surface area contributed by atoms with Crippen molar-refractivity contribution >= 4 is 28.6 Å². The summed E-state index contributed by atoms with van der Waals surface area (Å²) in [6.07, 6.45) is 1.57. The van der Waals surface area contributed by atoms with Crippen LogP contribution in [0, 0.1) is 12.7 Å². The van der Waals surface area contributed by atoms with Gasteiger partial charge in [0.1, 0.15) is 5.82 Å². The molecule has 17 heavy (non-hydrogen) atoms. The fraction of sp³-hybridized carbons (Fsp3) is 0.167. The molecule has 1 N–H and O–H groups in total. The van der Waals surface area contributed by atoms with Crippen LogP contribution < -0.4 is 0 Å². The molecule has 0 amide bonds. The Kier molecular flexibility index (Phi) is 3.28. The van der Waals surface area contributed by atoms with Crippen molar-refractivity contribution in [2.45, 2.75) is 11.8 Å². The lowest BCUT2D eigenvalue weighted by Crippen LogP contribution is -1.98. The number of fused-ring (bicyclic) bond motifs is 1. The summed E-state index contributed by atoms with van der Waals surface area (Å²) in [6, 6.07) is 4.68. The number of rotatable bonds is 3. The van der Waals surface area contributed by atoms with Gasteiger partial charge in [-0.25, -0.2) is 4.39 Å². The van der Waals surface area contributed by atoms with Gasteiger partial charge in [-0.05, 0) is 24.6 Å². The first-order valence-corrected chi connectivity index (χ1v) is 5.96. The highest BCUT2D eigenvalue weighted by atomic mass is 32.2. The number of aryl methyl sites for hydroxylation is 1. The van der Waals surface area contributed by atoms with Gasteiger partial charge in [0, 0.05) is 16.5 Å². The number of halogens is 1. The summed E-state index contributed by atoms with van der Waals surface area (Å²) in [5.41, 5.74) is 1.46. The van der Waals surface area contributed by atoms with Crippen molar-refractivity contribution in [2.75, 3.05) is 5.75 Å². The van der Waals surface area contributed by atoms with Crippen LogP contribution in [0.5, 0.6) is 0 Å². The molecule has 1 heterocycles. The summed E-state index contributed by atoms with van der Waals surface area (Å²) in [4.78, 5) is 15.3. The van der Waals surface area contributed by atoms with Crippen LogP contribution in [0.3, 0.4) is 0 Å². The number of carboxylic acid groups (broad SMARTS) is 1. The highest BCUT2D eigenvalue weighted by Crippen LogP contribution is 2.30. The standard InChI is InChI=1S/C12H10FNO2S/c1-7-2-3-8(13)11-9(17-6-10(15)16)4-5-14-12(7)11/h2-5H,6H2,1H3,(H,15,16). The zero-order valence-corrected chi connectivity index (χ0v) is 9.92. The summed E-state index contributed by atoms with van der Waals surface area (Å²) >= 11 is 1.10. The van der Waals surface area contributed by atoms with E-state index in [1.807, 2.05) is 6.92 Å². The average molecular weight is 251 g/mol. The van der Waals surface area contributed by atoms with Crippen LogP contribution in [0.25, 0.3) is 10.9 Å². The first kappa shape index (κ1) is 11.9. The Morgan fingerprint density at radius 3 is 2.94 bits per heavy atom. The minimum Gasteiger partial charge on any atom is -0.481 e. The molecule has 3 nitrogen and oxygen atoms in total. The highest BCUT2D eigenvalue weighted by molar-refractivity contribution is 8.00. The number of carboxylic acids is 1. The first-order valence-electron chi connectivity index (χ1n) is 4.98. The number of nitrogens with zero attached hydrogens (tertiary/aromatic N) is 1.